The summed E-state index contributed by atoms with van der Waals surface area (Å²) in [6, 6.07) is 0.739. The Labute approximate surface area is 89.1 Å². The second-order valence-electron chi connectivity index (χ2n) is 4.93. The summed E-state index contributed by atoms with van der Waals surface area (Å²) in [5.41, 5.74) is 0. The molecule has 1 rings (SSSR count). The molecule has 0 aromatic heterocycles. The van der Waals surface area contributed by atoms with E-state index in [0.717, 1.165) is 17.9 Å². The zero-order chi connectivity index (χ0) is 10.6. The van der Waals surface area contributed by atoms with Gasteiger partial charge in [0, 0.05) is 19.1 Å². The van der Waals surface area contributed by atoms with Crippen LogP contribution in [0.2, 0.25) is 0 Å². The molecule has 0 bridgehead atoms. The molecule has 2 nitrogen and oxygen atoms in total. The molecular weight excluding hydrogens is 172 g/mol. The van der Waals surface area contributed by atoms with E-state index in [-0.39, 0.29) is 0 Å². The summed E-state index contributed by atoms with van der Waals surface area (Å²) in [5.74, 6) is 1.66. The molecule has 0 aromatic carbocycles. The number of rotatable bonds is 4. The third-order valence-electron chi connectivity index (χ3n) is 3.63. The number of hydrogen-bond acceptors (Lipinski definition) is 2. The van der Waals surface area contributed by atoms with Gasteiger partial charge in [0.2, 0.25) is 0 Å². The minimum Gasteiger partial charge on any atom is -0.317 e. The van der Waals surface area contributed by atoms with Crippen LogP contribution in [-0.2, 0) is 0 Å². The first-order valence-electron chi connectivity index (χ1n) is 6.07. The predicted octanol–water partition coefficient (Wildman–Crippen LogP) is 1.96. The Morgan fingerprint density at radius 3 is 2.71 bits per heavy atom. The van der Waals surface area contributed by atoms with Crippen molar-refractivity contribution in [1.82, 2.24) is 10.2 Å². The molecule has 1 saturated heterocycles. The van der Waals surface area contributed by atoms with Crippen molar-refractivity contribution in [2.45, 2.75) is 39.7 Å². The maximum Gasteiger partial charge on any atom is 0.0114 e. The van der Waals surface area contributed by atoms with Crippen molar-refractivity contribution in [2.75, 3.05) is 26.7 Å². The molecular formula is C12H26N2. The Hall–Kier alpha value is -0.0800. The molecule has 0 amide bonds. The van der Waals surface area contributed by atoms with E-state index in [4.69, 9.17) is 0 Å². The molecule has 3 unspecified atom stereocenters. The highest BCUT2D eigenvalue weighted by molar-refractivity contribution is 4.82. The van der Waals surface area contributed by atoms with Gasteiger partial charge in [-0.2, -0.15) is 0 Å². The van der Waals surface area contributed by atoms with Crippen LogP contribution in [-0.4, -0.2) is 37.6 Å². The van der Waals surface area contributed by atoms with Gasteiger partial charge < -0.3 is 10.2 Å². The Bertz CT molecular complexity index is 158. The molecule has 1 N–H and O–H groups in total. The maximum atomic E-state index is 3.41. The smallest absolute Gasteiger partial charge is 0.0114 e. The molecule has 0 spiro atoms. The van der Waals surface area contributed by atoms with Gasteiger partial charge in [-0.3, -0.25) is 0 Å². The highest BCUT2D eigenvalue weighted by atomic mass is 15.1. The van der Waals surface area contributed by atoms with Gasteiger partial charge in [0.05, 0.1) is 0 Å². The molecule has 2 heteroatoms. The average molecular weight is 198 g/mol. The van der Waals surface area contributed by atoms with Crippen LogP contribution in [0.1, 0.15) is 33.6 Å². The third-order valence-corrected chi connectivity index (χ3v) is 3.63. The van der Waals surface area contributed by atoms with E-state index in [9.17, 15) is 0 Å². The molecule has 14 heavy (non-hydrogen) atoms. The quantitative estimate of drug-likeness (QED) is 0.743. The summed E-state index contributed by atoms with van der Waals surface area (Å²) < 4.78 is 0. The van der Waals surface area contributed by atoms with E-state index in [1.165, 1.54) is 32.5 Å². The fraction of sp³-hybridized carbons (Fsp3) is 1.00. The molecule has 0 radical (unpaired) electrons. The lowest BCUT2D eigenvalue weighted by molar-refractivity contribution is 0.134. The van der Waals surface area contributed by atoms with Crippen LogP contribution in [0.4, 0.5) is 0 Å². The molecule has 1 heterocycles. The van der Waals surface area contributed by atoms with Gasteiger partial charge in [0.1, 0.15) is 0 Å². The minimum absolute atomic E-state index is 0.739. The van der Waals surface area contributed by atoms with Crippen molar-refractivity contribution >= 4 is 0 Å². The summed E-state index contributed by atoms with van der Waals surface area (Å²) in [7, 11) is 2.09. The summed E-state index contributed by atoms with van der Waals surface area (Å²) >= 11 is 0. The van der Waals surface area contributed by atoms with Crippen LogP contribution in [0.5, 0.6) is 0 Å². The van der Waals surface area contributed by atoms with Crippen LogP contribution in [0, 0.1) is 11.8 Å². The van der Waals surface area contributed by atoms with Crippen molar-refractivity contribution in [3.8, 4) is 0 Å². The van der Waals surface area contributed by atoms with Gasteiger partial charge in [-0.25, -0.2) is 0 Å². The van der Waals surface area contributed by atoms with Crippen molar-refractivity contribution < 1.29 is 0 Å². The second-order valence-corrected chi connectivity index (χ2v) is 4.93. The van der Waals surface area contributed by atoms with Crippen molar-refractivity contribution in [1.29, 1.82) is 0 Å². The monoisotopic (exact) mass is 198 g/mol. The van der Waals surface area contributed by atoms with Crippen molar-refractivity contribution in [3.63, 3.8) is 0 Å². The normalized spacial score (nSPS) is 31.7. The Balaban J connectivity index is 2.31. The van der Waals surface area contributed by atoms with E-state index in [1.807, 2.05) is 0 Å². The van der Waals surface area contributed by atoms with Crippen LogP contribution in [0.25, 0.3) is 0 Å². The van der Waals surface area contributed by atoms with Crippen molar-refractivity contribution in [3.05, 3.63) is 0 Å². The van der Waals surface area contributed by atoms with Gasteiger partial charge in [0.15, 0.2) is 0 Å². The lowest BCUT2D eigenvalue weighted by Crippen LogP contribution is -2.48. The van der Waals surface area contributed by atoms with Gasteiger partial charge >= 0.3 is 0 Å². The molecule has 0 aromatic rings. The first-order valence-corrected chi connectivity index (χ1v) is 6.07. The fourth-order valence-electron chi connectivity index (χ4n) is 2.40. The molecule has 0 saturated carbocycles. The summed E-state index contributed by atoms with van der Waals surface area (Å²) in [6.07, 6.45) is 2.62. The zero-order valence-electron chi connectivity index (χ0n) is 10.2. The predicted molar refractivity (Wildman–Crippen MR) is 62.5 cm³/mol. The van der Waals surface area contributed by atoms with Gasteiger partial charge in [-0.15, -0.1) is 0 Å². The van der Waals surface area contributed by atoms with E-state index in [2.05, 4.69) is 38.0 Å². The minimum atomic E-state index is 0.739. The molecule has 0 aliphatic carbocycles. The van der Waals surface area contributed by atoms with E-state index in [1.54, 1.807) is 0 Å². The number of hydrogen-bond donors (Lipinski definition) is 1. The van der Waals surface area contributed by atoms with Gasteiger partial charge in [-0.05, 0) is 31.8 Å². The summed E-state index contributed by atoms with van der Waals surface area (Å²) in [4.78, 5) is 2.63. The van der Waals surface area contributed by atoms with Crippen LogP contribution >= 0.6 is 0 Å². The summed E-state index contributed by atoms with van der Waals surface area (Å²) in [6.45, 7) is 10.8. The number of piperidine rings is 1. The number of likely N-dealkylation sites (tertiary alicyclic amines) is 1. The number of nitrogens with zero attached hydrogens (tertiary/aromatic N) is 1. The number of nitrogens with one attached hydrogen (secondary N) is 1. The van der Waals surface area contributed by atoms with E-state index in [0.29, 0.717) is 0 Å². The second kappa shape index (κ2) is 5.72. The maximum absolute atomic E-state index is 3.41. The van der Waals surface area contributed by atoms with E-state index < -0.39 is 0 Å². The largest absolute Gasteiger partial charge is 0.317 e. The third kappa shape index (κ3) is 3.25. The van der Waals surface area contributed by atoms with Gasteiger partial charge in [0.25, 0.3) is 0 Å². The Morgan fingerprint density at radius 2 is 2.21 bits per heavy atom. The molecule has 1 fully saturated rings. The lowest BCUT2D eigenvalue weighted by Gasteiger charge is -2.37. The highest BCUT2D eigenvalue weighted by Crippen LogP contribution is 2.18. The van der Waals surface area contributed by atoms with E-state index >= 15 is 0 Å². The highest BCUT2D eigenvalue weighted by Gasteiger charge is 2.24. The first-order chi connectivity index (χ1) is 6.67. The van der Waals surface area contributed by atoms with Crippen LogP contribution in [0.3, 0.4) is 0 Å². The zero-order valence-corrected chi connectivity index (χ0v) is 10.2. The summed E-state index contributed by atoms with van der Waals surface area (Å²) in [5, 5.41) is 3.41. The molecule has 1 aliphatic rings. The molecule has 3 atom stereocenters. The standard InChI is InChI=1S/C12H26N2/c1-5-10(2)8-14-7-6-12(13-4)11(3)9-14/h10-13H,5-9H2,1-4H3. The fourth-order valence-corrected chi connectivity index (χ4v) is 2.40. The van der Waals surface area contributed by atoms with Gasteiger partial charge in [-0.1, -0.05) is 27.2 Å². The Kier molecular flexibility index (Phi) is 4.90. The van der Waals surface area contributed by atoms with Crippen molar-refractivity contribution in [2.24, 2.45) is 11.8 Å². The molecule has 1 aliphatic heterocycles. The van der Waals surface area contributed by atoms with Crippen LogP contribution in [0.15, 0.2) is 0 Å². The average Bonchev–Trinajstić information content (AvgIpc) is 2.18. The lowest BCUT2D eigenvalue weighted by atomic mass is 9.93. The topological polar surface area (TPSA) is 15.3 Å². The SMILES string of the molecule is CCC(C)CN1CCC(NC)C(C)C1. The Morgan fingerprint density at radius 1 is 1.50 bits per heavy atom. The first kappa shape index (κ1) is 12.0. The molecule has 84 valence electrons. The van der Waals surface area contributed by atoms with Crippen LogP contribution < -0.4 is 5.32 Å².